The maximum absolute atomic E-state index is 13.8. The molecule has 0 fully saturated rings. The molecule has 0 saturated carbocycles. The fraction of sp³-hybridized carbons (Fsp3) is 0.208. The summed E-state index contributed by atoms with van der Waals surface area (Å²) in [6.45, 7) is 3.83. The number of hydrogen-bond donors (Lipinski definition) is 0. The molecule has 2 aromatic carbocycles. The number of rotatable bonds is 4. The van der Waals surface area contributed by atoms with E-state index in [0.29, 0.717) is 33.2 Å². The van der Waals surface area contributed by atoms with E-state index in [1.807, 2.05) is 19.9 Å². The van der Waals surface area contributed by atoms with Gasteiger partial charge in [-0.3, -0.25) is 14.5 Å². The third-order valence-electron chi connectivity index (χ3n) is 5.78. The Kier molecular flexibility index (Phi) is 5.25. The minimum absolute atomic E-state index is 0.00945. The van der Waals surface area contributed by atoms with Crippen molar-refractivity contribution >= 4 is 49.3 Å². The standard InChI is InChI=1S/C24H19BrN2O5S/c1-11-12(2)33-24(26-11)27-19(14-6-5-7-17(30-3)21(14)31-4)18-20(28)15-10-13(25)8-9-16(15)32-22(18)23(27)29/h5-10,19H,1-4H3/t19-/m1/s1. The third kappa shape index (κ3) is 3.26. The lowest BCUT2D eigenvalue weighted by molar-refractivity contribution is 0.0970. The molecule has 0 aliphatic carbocycles. The summed E-state index contributed by atoms with van der Waals surface area (Å²) in [7, 11) is 3.07. The van der Waals surface area contributed by atoms with Crippen molar-refractivity contribution in [1.82, 2.24) is 4.98 Å². The predicted octanol–water partition coefficient (Wildman–Crippen LogP) is 5.40. The molecule has 0 N–H and O–H groups in total. The zero-order valence-electron chi connectivity index (χ0n) is 18.3. The van der Waals surface area contributed by atoms with Gasteiger partial charge in [-0.15, -0.1) is 11.3 Å². The molecule has 1 aliphatic rings. The van der Waals surface area contributed by atoms with E-state index in [1.165, 1.54) is 23.3 Å². The molecule has 0 radical (unpaired) electrons. The van der Waals surface area contributed by atoms with Gasteiger partial charge in [-0.05, 0) is 38.1 Å². The molecular formula is C24H19BrN2O5S. The summed E-state index contributed by atoms with van der Waals surface area (Å²) in [5.41, 5.74) is 1.76. The van der Waals surface area contributed by atoms with Gasteiger partial charge in [-0.25, -0.2) is 4.98 Å². The lowest BCUT2D eigenvalue weighted by atomic mass is 9.97. The number of methoxy groups -OCH3 is 2. The quantitative estimate of drug-likeness (QED) is 0.354. The van der Waals surface area contributed by atoms with E-state index in [0.717, 1.165) is 15.0 Å². The second kappa shape index (κ2) is 8.00. The van der Waals surface area contributed by atoms with E-state index < -0.39 is 11.9 Å². The van der Waals surface area contributed by atoms with Crippen LogP contribution in [0.5, 0.6) is 11.5 Å². The fourth-order valence-corrected chi connectivity index (χ4v) is 5.42. The summed E-state index contributed by atoms with van der Waals surface area (Å²) < 4.78 is 17.9. The summed E-state index contributed by atoms with van der Waals surface area (Å²) in [4.78, 5) is 34.6. The number of hydrogen-bond acceptors (Lipinski definition) is 7. The molecule has 2 aromatic heterocycles. The van der Waals surface area contributed by atoms with Crippen LogP contribution in [0, 0.1) is 13.8 Å². The third-order valence-corrected chi connectivity index (χ3v) is 7.35. The summed E-state index contributed by atoms with van der Waals surface area (Å²) in [6.07, 6.45) is 0. The van der Waals surface area contributed by atoms with Crippen molar-refractivity contribution in [3.8, 4) is 11.5 Å². The van der Waals surface area contributed by atoms with E-state index >= 15 is 0 Å². The highest BCUT2D eigenvalue weighted by atomic mass is 79.9. The number of benzene rings is 2. The fourth-order valence-electron chi connectivity index (χ4n) is 4.12. The number of fused-ring (bicyclic) bond motifs is 2. The molecule has 0 unspecified atom stereocenters. The topological polar surface area (TPSA) is 81.9 Å². The van der Waals surface area contributed by atoms with E-state index in [-0.39, 0.29) is 16.8 Å². The molecule has 7 nitrogen and oxygen atoms in total. The van der Waals surface area contributed by atoms with Gasteiger partial charge in [-0.1, -0.05) is 28.1 Å². The molecule has 9 heteroatoms. The summed E-state index contributed by atoms with van der Waals surface area (Å²) >= 11 is 4.81. The van der Waals surface area contributed by atoms with E-state index in [1.54, 1.807) is 37.4 Å². The number of halogens is 1. The average Bonchev–Trinajstić information content (AvgIpc) is 3.29. The Balaban J connectivity index is 1.87. The number of ether oxygens (including phenoxy) is 2. The number of aryl methyl sites for hydroxylation is 2. The number of para-hydroxylation sites is 1. The molecule has 3 heterocycles. The number of aromatic nitrogens is 1. The molecule has 0 bridgehead atoms. The Morgan fingerprint density at radius 1 is 1.12 bits per heavy atom. The maximum Gasteiger partial charge on any atom is 0.297 e. The molecule has 0 saturated heterocycles. The number of nitrogens with zero attached hydrogens (tertiary/aromatic N) is 2. The Bertz CT molecular complexity index is 1470. The van der Waals surface area contributed by atoms with Crippen LogP contribution in [0.2, 0.25) is 0 Å². The van der Waals surface area contributed by atoms with Crippen molar-refractivity contribution < 1.29 is 18.7 Å². The number of thiazole rings is 1. The van der Waals surface area contributed by atoms with Crippen LogP contribution in [0.4, 0.5) is 5.13 Å². The summed E-state index contributed by atoms with van der Waals surface area (Å²) in [5.74, 6) is 0.524. The monoisotopic (exact) mass is 526 g/mol. The summed E-state index contributed by atoms with van der Waals surface area (Å²) in [6, 6.07) is 9.74. The Morgan fingerprint density at radius 3 is 2.58 bits per heavy atom. The van der Waals surface area contributed by atoms with Crippen LogP contribution in [0.1, 0.15) is 38.3 Å². The minimum atomic E-state index is -0.790. The largest absolute Gasteiger partial charge is 0.493 e. The van der Waals surface area contributed by atoms with Crippen LogP contribution in [0.3, 0.4) is 0 Å². The molecule has 0 spiro atoms. The number of amides is 1. The van der Waals surface area contributed by atoms with Gasteiger partial charge in [-0.2, -0.15) is 0 Å². The van der Waals surface area contributed by atoms with Crippen molar-refractivity contribution in [3.05, 3.63) is 78.6 Å². The van der Waals surface area contributed by atoms with Gasteiger partial charge in [0, 0.05) is 14.9 Å². The number of carbonyl (C=O) groups is 1. The molecular weight excluding hydrogens is 508 g/mol. The molecule has 1 amide bonds. The van der Waals surface area contributed by atoms with Crippen molar-refractivity contribution in [3.63, 3.8) is 0 Å². The van der Waals surface area contributed by atoms with Crippen LogP contribution in [0.15, 0.2) is 50.1 Å². The number of carbonyl (C=O) groups excluding carboxylic acids is 1. The van der Waals surface area contributed by atoms with E-state index in [2.05, 4.69) is 20.9 Å². The highest BCUT2D eigenvalue weighted by molar-refractivity contribution is 9.10. The average molecular weight is 527 g/mol. The van der Waals surface area contributed by atoms with Gasteiger partial charge in [0.1, 0.15) is 11.6 Å². The van der Waals surface area contributed by atoms with Crippen LogP contribution in [-0.2, 0) is 0 Å². The van der Waals surface area contributed by atoms with Crippen LogP contribution in [0.25, 0.3) is 11.0 Å². The second-order valence-corrected chi connectivity index (χ2v) is 9.71. The zero-order chi connectivity index (χ0) is 23.4. The zero-order valence-corrected chi connectivity index (χ0v) is 20.7. The second-order valence-electron chi connectivity index (χ2n) is 7.61. The Hall–Kier alpha value is -3.17. The Morgan fingerprint density at radius 2 is 1.91 bits per heavy atom. The SMILES string of the molecule is COc1cccc([C@@H]2c3c(oc4ccc(Br)cc4c3=O)C(=O)N2c2nc(C)c(C)s2)c1OC. The first-order valence-corrected chi connectivity index (χ1v) is 11.7. The van der Waals surface area contributed by atoms with Gasteiger partial charge in [0.15, 0.2) is 22.1 Å². The Labute approximate surface area is 201 Å². The van der Waals surface area contributed by atoms with E-state index in [4.69, 9.17) is 13.9 Å². The van der Waals surface area contributed by atoms with Crippen molar-refractivity contribution in [2.24, 2.45) is 0 Å². The van der Waals surface area contributed by atoms with Crippen LogP contribution >= 0.6 is 27.3 Å². The van der Waals surface area contributed by atoms with Crippen molar-refractivity contribution in [2.45, 2.75) is 19.9 Å². The molecule has 4 aromatic rings. The predicted molar refractivity (Wildman–Crippen MR) is 130 cm³/mol. The van der Waals surface area contributed by atoms with Gasteiger partial charge in [0.05, 0.1) is 30.9 Å². The van der Waals surface area contributed by atoms with Crippen molar-refractivity contribution in [1.29, 1.82) is 0 Å². The first kappa shape index (κ1) is 21.7. The van der Waals surface area contributed by atoms with E-state index in [9.17, 15) is 9.59 Å². The van der Waals surface area contributed by atoms with Crippen LogP contribution in [-0.4, -0.2) is 25.1 Å². The van der Waals surface area contributed by atoms with Gasteiger partial charge in [0.25, 0.3) is 5.91 Å². The first-order chi connectivity index (χ1) is 15.8. The lowest BCUT2D eigenvalue weighted by Gasteiger charge is -2.25. The number of anilines is 1. The lowest BCUT2D eigenvalue weighted by Crippen LogP contribution is -2.29. The molecule has 5 rings (SSSR count). The molecule has 33 heavy (non-hydrogen) atoms. The normalized spacial score (nSPS) is 15.2. The van der Waals surface area contributed by atoms with Gasteiger partial charge >= 0.3 is 0 Å². The summed E-state index contributed by atoms with van der Waals surface area (Å²) in [5, 5.41) is 0.872. The maximum atomic E-state index is 13.8. The first-order valence-electron chi connectivity index (χ1n) is 10.1. The van der Waals surface area contributed by atoms with Gasteiger partial charge in [0.2, 0.25) is 5.76 Å². The molecule has 168 valence electrons. The van der Waals surface area contributed by atoms with Crippen LogP contribution < -0.4 is 19.8 Å². The molecule has 1 atom stereocenters. The van der Waals surface area contributed by atoms with Crippen molar-refractivity contribution in [2.75, 3.05) is 19.1 Å². The molecule has 1 aliphatic heterocycles. The highest BCUT2D eigenvalue weighted by Gasteiger charge is 2.46. The highest BCUT2D eigenvalue weighted by Crippen LogP contribution is 2.47. The smallest absolute Gasteiger partial charge is 0.297 e. The minimum Gasteiger partial charge on any atom is -0.493 e. The van der Waals surface area contributed by atoms with Gasteiger partial charge < -0.3 is 13.9 Å².